The first-order valence-electron chi connectivity index (χ1n) is 14.0. The third-order valence-electron chi connectivity index (χ3n) is 8.81. The van der Waals surface area contributed by atoms with E-state index in [1.54, 1.807) is 6.92 Å². The smallest absolute Gasteiger partial charge is 0.250 e. The molecule has 40 heavy (non-hydrogen) atoms. The highest BCUT2D eigenvalue weighted by Gasteiger charge is 2.50. The number of nitrogen functional groups attached to an aromatic ring is 1. The van der Waals surface area contributed by atoms with Crippen molar-refractivity contribution in [3.8, 4) is 11.3 Å². The summed E-state index contributed by atoms with van der Waals surface area (Å²) in [4.78, 5) is 36.8. The number of aryl methyl sites for hydroxylation is 2. The first kappa shape index (κ1) is 26.3. The lowest BCUT2D eigenvalue weighted by molar-refractivity contribution is -0.162. The molecule has 3 N–H and O–H groups in total. The summed E-state index contributed by atoms with van der Waals surface area (Å²) >= 11 is 0. The third-order valence-corrected chi connectivity index (χ3v) is 8.81. The van der Waals surface area contributed by atoms with Gasteiger partial charge < -0.3 is 25.3 Å². The SMILES string of the molecule is C=C(C)C(=O)Nc1ccc(-c2c(C3=CC[C@H](C(=O)N4CCCC45COC5)CC3)c3c(N)ncnc3n2C)c(C)c1. The van der Waals surface area contributed by atoms with Gasteiger partial charge in [0.2, 0.25) is 5.91 Å². The lowest BCUT2D eigenvalue weighted by atomic mass is 9.83. The van der Waals surface area contributed by atoms with E-state index in [2.05, 4.69) is 37.4 Å². The van der Waals surface area contributed by atoms with Crippen molar-refractivity contribution in [2.75, 3.05) is 30.8 Å². The fourth-order valence-corrected chi connectivity index (χ4v) is 6.57. The molecule has 0 radical (unpaired) electrons. The van der Waals surface area contributed by atoms with Crippen molar-refractivity contribution in [1.29, 1.82) is 0 Å². The van der Waals surface area contributed by atoms with Crippen LogP contribution >= 0.6 is 0 Å². The van der Waals surface area contributed by atoms with Crippen molar-refractivity contribution in [2.24, 2.45) is 13.0 Å². The molecule has 1 aromatic carbocycles. The molecule has 2 aliphatic heterocycles. The Labute approximate surface area is 234 Å². The number of hydrogen-bond donors (Lipinski definition) is 2. The second kappa shape index (κ2) is 9.89. The van der Waals surface area contributed by atoms with Crippen molar-refractivity contribution in [3.05, 3.63) is 53.9 Å². The van der Waals surface area contributed by atoms with Crippen LogP contribution in [0.1, 0.15) is 50.2 Å². The highest BCUT2D eigenvalue weighted by molar-refractivity contribution is 6.05. The number of nitrogens with two attached hydrogens (primary N) is 1. The molecule has 0 unspecified atom stereocenters. The van der Waals surface area contributed by atoms with Gasteiger partial charge in [-0.3, -0.25) is 9.59 Å². The Morgan fingerprint density at radius 2 is 2.05 bits per heavy atom. The Morgan fingerprint density at radius 1 is 1.25 bits per heavy atom. The molecule has 2 amide bonds. The average molecular weight is 541 g/mol. The molecule has 3 aliphatic rings. The summed E-state index contributed by atoms with van der Waals surface area (Å²) in [6.07, 6.45) is 8.04. The fourth-order valence-electron chi connectivity index (χ4n) is 6.57. The van der Waals surface area contributed by atoms with Crippen LogP contribution in [-0.2, 0) is 21.4 Å². The van der Waals surface area contributed by atoms with Crippen LogP contribution < -0.4 is 11.1 Å². The van der Waals surface area contributed by atoms with E-state index in [0.29, 0.717) is 36.7 Å². The van der Waals surface area contributed by atoms with Crippen molar-refractivity contribution in [3.63, 3.8) is 0 Å². The maximum atomic E-state index is 13.6. The van der Waals surface area contributed by atoms with E-state index in [0.717, 1.165) is 71.2 Å². The molecule has 1 spiro atoms. The zero-order chi connectivity index (χ0) is 28.2. The van der Waals surface area contributed by atoms with Crippen LogP contribution in [0.15, 0.2) is 42.8 Å². The summed E-state index contributed by atoms with van der Waals surface area (Å²) in [5, 5.41) is 3.73. The molecular weight excluding hydrogens is 504 g/mol. The molecule has 3 aromatic rings. The number of nitrogens with zero attached hydrogens (tertiary/aromatic N) is 4. The number of rotatable bonds is 5. The molecule has 1 atom stereocenters. The number of amides is 2. The summed E-state index contributed by atoms with van der Waals surface area (Å²) in [6.45, 7) is 9.60. The minimum Gasteiger partial charge on any atom is -0.383 e. The summed E-state index contributed by atoms with van der Waals surface area (Å²) in [5.41, 5.74) is 13.5. The van der Waals surface area contributed by atoms with Gasteiger partial charge >= 0.3 is 0 Å². The van der Waals surface area contributed by atoms with Gasteiger partial charge in [-0.25, -0.2) is 9.97 Å². The zero-order valence-corrected chi connectivity index (χ0v) is 23.4. The molecule has 4 heterocycles. The van der Waals surface area contributed by atoms with Gasteiger partial charge in [0.25, 0.3) is 5.91 Å². The second-order valence-corrected chi connectivity index (χ2v) is 11.5. The molecule has 9 nitrogen and oxygen atoms in total. The number of likely N-dealkylation sites (tertiary alicyclic amines) is 1. The molecule has 2 saturated heterocycles. The van der Waals surface area contributed by atoms with Crippen LogP contribution in [0.25, 0.3) is 27.9 Å². The predicted octanol–water partition coefficient (Wildman–Crippen LogP) is 4.62. The second-order valence-electron chi connectivity index (χ2n) is 11.5. The standard InChI is InChI=1S/C31H36N6O3/c1-18(2)29(38)35-22-10-11-23(19(3)14-22)26-24(25-27(32)33-17-34-28(25)36(26)4)20-6-8-21(9-7-20)30(39)37-13-5-12-31(37)15-40-16-31/h6,10-11,14,17,21H,1,5,7-9,12-13,15-16H2,2-4H3,(H,35,38)(H2,32,33,34)/t21-/m0/s1. The number of hydrogen-bond acceptors (Lipinski definition) is 6. The maximum absolute atomic E-state index is 13.6. The van der Waals surface area contributed by atoms with Crippen LogP contribution in [0.4, 0.5) is 11.5 Å². The Bertz CT molecular complexity index is 1580. The topological polar surface area (TPSA) is 115 Å². The zero-order valence-electron chi connectivity index (χ0n) is 23.4. The normalized spacial score (nSPS) is 19.9. The van der Waals surface area contributed by atoms with E-state index in [9.17, 15) is 9.59 Å². The number of carbonyl (C=O) groups excluding carboxylic acids is 2. The van der Waals surface area contributed by atoms with Gasteiger partial charge in [-0.2, -0.15) is 0 Å². The first-order chi connectivity index (χ1) is 19.2. The monoisotopic (exact) mass is 540 g/mol. The molecule has 9 heteroatoms. The minimum absolute atomic E-state index is 0.0238. The molecular formula is C31H36N6O3. The Morgan fingerprint density at radius 3 is 2.70 bits per heavy atom. The van der Waals surface area contributed by atoms with Gasteiger partial charge in [-0.05, 0) is 69.2 Å². The van der Waals surface area contributed by atoms with Crippen LogP contribution in [0.5, 0.6) is 0 Å². The first-order valence-corrected chi connectivity index (χ1v) is 14.0. The van der Waals surface area contributed by atoms with Gasteiger partial charge in [0.05, 0.1) is 29.8 Å². The van der Waals surface area contributed by atoms with Crippen molar-refractivity contribution in [1.82, 2.24) is 19.4 Å². The summed E-state index contributed by atoms with van der Waals surface area (Å²) in [5.74, 6) is 0.471. The Kier molecular flexibility index (Phi) is 6.49. The number of anilines is 2. The van der Waals surface area contributed by atoms with Crippen LogP contribution in [0.3, 0.4) is 0 Å². The van der Waals surface area contributed by atoms with Crippen molar-refractivity contribution in [2.45, 2.75) is 51.5 Å². The van der Waals surface area contributed by atoms with E-state index >= 15 is 0 Å². The van der Waals surface area contributed by atoms with Gasteiger partial charge in [-0.15, -0.1) is 0 Å². The largest absolute Gasteiger partial charge is 0.383 e. The van der Waals surface area contributed by atoms with Gasteiger partial charge in [0.15, 0.2) is 0 Å². The highest BCUT2D eigenvalue weighted by Crippen LogP contribution is 2.45. The summed E-state index contributed by atoms with van der Waals surface area (Å²) < 4.78 is 7.57. The fraction of sp³-hybridized carbons (Fsp3) is 0.419. The van der Waals surface area contributed by atoms with E-state index in [-0.39, 0.29) is 23.3 Å². The van der Waals surface area contributed by atoms with Gasteiger partial charge in [0, 0.05) is 41.9 Å². The molecule has 2 fully saturated rings. The lowest BCUT2D eigenvalue weighted by Crippen LogP contribution is -2.61. The molecule has 208 valence electrons. The number of aromatic nitrogens is 3. The number of fused-ring (bicyclic) bond motifs is 1. The molecule has 1 aliphatic carbocycles. The number of allylic oxidation sites excluding steroid dienone is 2. The minimum atomic E-state index is -0.207. The van der Waals surface area contributed by atoms with Gasteiger partial charge in [0.1, 0.15) is 17.8 Å². The molecule has 0 saturated carbocycles. The van der Waals surface area contributed by atoms with Crippen LogP contribution in [0.2, 0.25) is 0 Å². The highest BCUT2D eigenvalue weighted by atomic mass is 16.5. The Balaban J connectivity index is 1.37. The Hall–Kier alpha value is -3.98. The predicted molar refractivity (Wildman–Crippen MR) is 156 cm³/mol. The molecule has 2 aromatic heterocycles. The van der Waals surface area contributed by atoms with Gasteiger partial charge in [-0.1, -0.05) is 18.7 Å². The van der Waals surface area contributed by atoms with E-state index in [1.165, 1.54) is 6.33 Å². The molecule has 0 bridgehead atoms. The summed E-state index contributed by atoms with van der Waals surface area (Å²) in [7, 11) is 1.99. The maximum Gasteiger partial charge on any atom is 0.250 e. The summed E-state index contributed by atoms with van der Waals surface area (Å²) in [6, 6.07) is 5.89. The van der Waals surface area contributed by atoms with E-state index < -0.39 is 0 Å². The van der Waals surface area contributed by atoms with Crippen molar-refractivity contribution >= 4 is 39.9 Å². The number of carbonyl (C=O) groups is 2. The third kappa shape index (κ3) is 4.20. The quantitative estimate of drug-likeness (QED) is 0.457. The van der Waals surface area contributed by atoms with Crippen LogP contribution in [0, 0.1) is 12.8 Å². The molecule has 6 rings (SSSR count). The van der Waals surface area contributed by atoms with Crippen molar-refractivity contribution < 1.29 is 14.3 Å². The lowest BCUT2D eigenvalue weighted by Gasteiger charge is -2.46. The number of nitrogens with one attached hydrogen (secondary N) is 1. The number of benzene rings is 1. The van der Waals surface area contributed by atoms with E-state index in [4.69, 9.17) is 10.5 Å². The average Bonchev–Trinajstić information content (AvgIpc) is 3.50. The van der Waals surface area contributed by atoms with Crippen LogP contribution in [-0.4, -0.2) is 56.5 Å². The van der Waals surface area contributed by atoms with E-state index in [1.807, 2.05) is 32.2 Å². The number of ether oxygens (including phenoxy) is 1.